The highest BCUT2D eigenvalue weighted by Crippen LogP contribution is 2.24. The normalized spacial score (nSPS) is 15.1. The van der Waals surface area contributed by atoms with Gasteiger partial charge in [0.2, 0.25) is 15.9 Å². The van der Waals surface area contributed by atoms with Crippen LogP contribution < -0.4 is 5.32 Å². The standard InChI is InChI=1S/C24H29N5O3S2/c1-18-7-8-19(2)22(15-18)29-17-25-27-24(29)33-16-23(30)26-20-9-11-21(12-10-20)34(31,32)28-13-5-3-4-6-14-28/h7-12,15,17H,3-6,13-14,16H2,1-2H3,(H,26,30). The summed E-state index contributed by atoms with van der Waals surface area (Å²) in [7, 11) is -3.51. The minimum absolute atomic E-state index is 0.150. The summed E-state index contributed by atoms with van der Waals surface area (Å²) in [5.74, 6) is -0.0548. The Labute approximate surface area is 204 Å². The van der Waals surface area contributed by atoms with Crippen molar-refractivity contribution in [3.8, 4) is 5.69 Å². The van der Waals surface area contributed by atoms with Crippen LogP contribution in [0.15, 0.2) is 58.8 Å². The highest BCUT2D eigenvalue weighted by atomic mass is 32.2. The first kappa shape index (κ1) is 24.4. The minimum atomic E-state index is -3.51. The van der Waals surface area contributed by atoms with Crippen molar-refractivity contribution in [2.75, 3.05) is 24.2 Å². The number of amides is 1. The highest BCUT2D eigenvalue weighted by Gasteiger charge is 2.25. The number of carbonyl (C=O) groups is 1. The summed E-state index contributed by atoms with van der Waals surface area (Å²) in [6, 6.07) is 12.5. The van der Waals surface area contributed by atoms with E-state index in [1.54, 1.807) is 34.9 Å². The Bertz CT molecular complexity index is 1250. The maximum Gasteiger partial charge on any atom is 0.243 e. The van der Waals surface area contributed by atoms with Crippen molar-refractivity contribution in [3.05, 3.63) is 59.9 Å². The van der Waals surface area contributed by atoms with E-state index in [9.17, 15) is 13.2 Å². The Morgan fingerprint density at radius 1 is 1.03 bits per heavy atom. The van der Waals surface area contributed by atoms with Gasteiger partial charge in [-0.1, -0.05) is 36.7 Å². The van der Waals surface area contributed by atoms with E-state index in [0.717, 1.165) is 42.5 Å². The van der Waals surface area contributed by atoms with Gasteiger partial charge in [-0.2, -0.15) is 4.31 Å². The number of nitrogens with one attached hydrogen (secondary N) is 1. The molecule has 3 aromatic rings. The molecule has 0 atom stereocenters. The smallest absolute Gasteiger partial charge is 0.243 e. The second kappa shape index (κ2) is 10.7. The molecule has 8 nitrogen and oxygen atoms in total. The fraction of sp³-hybridized carbons (Fsp3) is 0.375. The molecule has 0 radical (unpaired) electrons. The summed E-state index contributed by atoms with van der Waals surface area (Å²) in [6.07, 6.45) is 5.56. The summed E-state index contributed by atoms with van der Waals surface area (Å²) in [6.45, 7) is 5.17. The molecule has 10 heteroatoms. The van der Waals surface area contributed by atoms with E-state index in [1.807, 2.05) is 30.5 Å². The first-order valence-electron chi connectivity index (χ1n) is 11.3. The third-order valence-corrected chi connectivity index (χ3v) is 8.67. The summed E-state index contributed by atoms with van der Waals surface area (Å²) >= 11 is 1.29. The summed E-state index contributed by atoms with van der Waals surface area (Å²) < 4.78 is 29.3. The molecule has 2 aromatic carbocycles. The SMILES string of the molecule is Cc1ccc(C)c(-n2cnnc2SCC(=O)Nc2ccc(S(=O)(=O)N3CCCCCC3)cc2)c1. The maximum absolute atomic E-state index is 12.9. The third-order valence-electron chi connectivity index (χ3n) is 5.81. The second-order valence-corrected chi connectivity index (χ2v) is 11.3. The van der Waals surface area contributed by atoms with Crippen LogP contribution in [-0.2, 0) is 14.8 Å². The van der Waals surface area contributed by atoms with Gasteiger partial charge in [0.1, 0.15) is 6.33 Å². The Kier molecular flexibility index (Phi) is 7.70. The number of rotatable bonds is 7. The highest BCUT2D eigenvalue weighted by molar-refractivity contribution is 7.99. The molecule has 0 bridgehead atoms. The molecule has 0 saturated carbocycles. The van der Waals surface area contributed by atoms with Crippen molar-refractivity contribution >= 4 is 33.4 Å². The molecule has 180 valence electrons. The summed E-state index contributed by atoms with van der Waals surface area (Å²) in [5.41, 5.74) is 3.75. The van der Waals surface area contributed by atoms with Crippen molar-refractivity contribution in [2.45, 2.75) is 49.6 Å². The average Bonchev–Trinajstić information content (AvgIpc) is 3.10. The van der Waals surface area contributed by atoms with Gasteiger partial charge in [0.05, 0.1) is 16.3 Å². The molecule has 0 aliphatic carbocycles. The van der Waals surface area contributed by atoms with E-state index in [0.29, 0.717) is 23.9 Å². The van der Waals surface area contributed by atoms with Crippen molar-refractivity contribution in [2.24, 2.45) is 0 Å². The van der Waals surface area contributed by atoms with Gasteiger partial charge in [-0.25, -0.2) is 8.42 Å². The Morgan fingerprint density at radius 2 is 1.74 bits per heavy atom. The zero-order valence-electron chi connectivity index (χ0n) is 19.4. The minimum Gasteiger partial charge on any atom is -0.325 e. The van der Waals surface area contributed by atoms with Crippen molar-refractivity contribution in [1.82, 2.24) is 19.1 Å². The lowest BCUT2D eigenvalue weighted by Gasteiger charge is -2.20. The van der Waals surface area contributed by atoms with Crippen LogP contribution in [0.4, 0.5) is 5.69 Å². The molecular formula is C24H29N5O3S2. The van der Waals surface area contributed by atoms with Crippen LogP contribution in [0.3, 0.4) is 0 Å². The molecule has 1 amide bonds. The fourth-order valence-electron chi connectivity index (χ4n) is 3.94. The van der Waals surface area contributed by atoms with Gasteiger partial charge < -0.3 is 5.32 Å². The number of benzene rings is 2. The number of sulfonamides is 1. The first-order valence-corrected chi connectivity index (χ1v) is 13.8. The molecule has 34 heavy (non-hydrogen) atoms. The number of hydrogen-bond donors (Lipinski definition) is 1. The van der Waals surface area contributed by atoms with E-state index < -0.39 is 10.0 Å². The number of anilines is 1. The van der Waals surface area contributed by atoms with Gasteiger partial charge in [-0.3, -0.25) is 9.36 Å². The van der Waals surface area contributed by atoms with Crippen molar-refractivity contribution < 1.29 is 13.2 Å². The Morgan fingerprint density at radius 3 is 2.44 bits per heavy atom. The molecule has 1 N–H and O–H groups in total. The zero-order chi connectivity index (χ0) is 24.1. The van der Waals surface area contributed by atoms with Crippen LogP contribution in [0, 0.1) is 13.8 Å². The van der Waals surface area contributed by atoms with E-state index >= 15 is 0 Å². The molecule has 1 aromatic heterocycles. The lowest BCUT2D eigenvalue weighted by atomic mass is 10.1. The largest absolute Gasteiger partial charge is 0.325 e. The molecular weight excluding hydrogens is 470 g/mol. The van der Waals surface area contributed by atoms with Crippen molar-refractivity contribution in [3.63, 3.8) is 0 Å². The third kappa shape index (κ3) is 5.68. The maximum atomic E-state index is 12.9. The predicted octanol–water partition coefficient (Wildman–Crippen LogP) is 4.18. The van der Waals surface area contributed by atoms with Crippen LogP contribution in [0.1, 0.15) is 36.8 Å². The van der Waals surface area contributed by atoms with Gasteiger partial charge in [-0.15, -0.1) is 10.2 Å². The number of nitrogens with zero attached hydrogens (tertiary/aromatic N) is 4. The van der Waals surface area contributed by atoms with Crippen LogP contribution in [-0.4, -0.2) is 52.2 Å². The second-order valence-electron chi connectivity index (χ2n) is 8.45. The topological polar surface area (TPSA) is 97.2 Å². The quantitative estimate of drug-likeness (QED) is 0.490. The predicted molar refractivity (Wildman–Crippen MR) is 134 cm³/mol. The van der Waals surface area contributed by atoms with E-state index in [-0.39, 0.29) is 16.6 Å². The van der Waals surface area contributed by atoms with Gasteiger partial charge >= 0.3 is 0 Å². The van der Waals surface area contributed by atoms with Crippen LogP contribution >= 0.6 is 11.8 Å². The van der Waals surface area contributed by atoms with Crippen LogP contribution in [0.25, 0.3) is 5.69 Å². The van der Waals surface area contributed by atoms with Crippen LogP contribution in [0.5, 0.6) is 0 Å². The van der Waals surface area contributed by atoms with Gasteiger partial charge in [-0.05, 0) is 68.1 Å². The lowest BCUT2D eigenvalue weighted by Crippen LogP contribution is -2.31. The molecule has 0 spiro atoms. The van der Waals surface area contributed by atoms with E-state index in [1.165, 1.54) is 11.8 Å². The van der Waals surface area contributed by atoms with Gasteiger partial charge in [0.25, 0.3) is 0 Å². The Hall–Kier alpha value is -2.69. The zero-order valence-corrected chi connectivity index (χ0v) is 21.0. The Balaban J connectivity index is 1.37. The van der Waals surface area contributed by atoms with Gasteiger partial charge in [0.15, 0.2) is 5.16 Å². The summed E-state index contributed by atoms with van der Waals surface area (Å²) in [4.78, 5) is 12.8. The molecule has 1 saturated heterocycles. The number of carbonyl (C=O) groups excluding carboxylic acids is 1. The summed E-state index contributed by atoms with van der Waals surface area (Å²) in [5, 5.41) is 11.6. The van der Waals surface area contributed by atoms with Crippen LogP contribution in [0.2, 0.25) is 0 Å². The van der Waals surface area contributed by atoms with E-state index in [2.05, 4.69) is 21.6 Å². The fourth-order valence-corrected chi connectivity index (χ4v) is 6.17. The molecule has 1 aliphatic rings. The molecule has 1 aliphatic heterocycles. The average molecular weight is 500 g/mol. The molecule has 1 fully saturated rings. The molecule has 2 heterocycles. The van der Waals surface area contributed by atoms with Gasteiger partial charge in [0, 0.05) is 18.8 Å². The first-order chi connectivity index (χ1) is 16.3. The molecule has 4 rings (SSSR count). The number of aromatic nitrogens is 3. The van der Waals surface area contributed by atoms with E-state index in [4.69, 9.17) is 0 Å². The number of hydrogen-bond acceptors (Lipinski definition) is 6. The number of thioether (sulfide) groups is 1. The monoisotopic (exact) mass is 499 g/mol. The van der Waals surface area contributed by atoms with Crippen molar-refractivity contribution in [1.29, 1.82) is 0 Å². The molecule has 0 unspecified atom stereocenters. The number of aryl methyl sites for hydroxylation is 2. The lowest BCUT2D eigenvalue weighted by molar-refractivity contribution is -0.113.